The number of halogens is 1. The standard InChI is InChI=1S/C20H25ClN2O2/c1-3-12-11-23-7-6-13(12)8-18(23)20(24)16-10-19(21)22-17-5-4-14(25-2)9-15(16)17/h4-5,9-10,12-13,18,20,24H,3,6-8,11H2,1-2H3/t12?,13?,18?,20-/m1/s1. The van der Waals surface area contributed by atoms with Crippen molar-refractivity contribution in [3.05, 3.63) is 35.0 Å². The topological polar surface area (TPSA) is 45.6 Å². The van der Waals surface area contributed by atoms with Gasteiger partial charge in [0.05, 0.1) is 18.7 Å². The first kappa shape index (κ1) is 17.1. The summed E-state index contributed by atoms with van der Waals surface area (Å²) in [4.78, 5) is 6.87. The molecule has 2 aromatic rings. The quantitative estimate of drug-likeness (QED) is 0.835. The third kappa shape index (κ3) is 3.01. The first-order chi connectivity index (χ1) is 12.1. The minimum atomic E-state index is -0.560. The number of methoxy groups -OCH3 is 1. The number of hydrogen-bond donors (Lipinski definition) is 1. The Kier molecular flexibility index (Phi) is 4.61. The number of ether oxygens (including phenoxy) is 1. The second-order valence-electron chi connectivity index (χ2n) is 7.38. The van der Waals surface area contributed by atoms with Crippen molar-refractivity contribution in [2.45, 2.75) is 38.3 Å². The third-order valence-electron chi connectivity index (χ3n) is 6.16. The van der Waals surface area contributed by atoms with E-state index in [2.05, 4.69) is 16.8 Å². The summed E-state index contributed by atoms with van der Waals surface area (Å²) in [7, 11) is 1.65. The first-order valence-electron chi connectivity index (χ1n) is 9.17. The fourth-order valence-electron chi connectivity index (χ4n) is 4.75. The molecule has 25 heavy (non-hydrogen) atoms. The van der Waals surface area contributed by atoms with Crippen LogP contribution in [0.25, 0.3) is 10.9 Å². The highest BCUT2D eigenvalue weighted by atomic mass is 35.5. The molecule has 0 saturated carbocycles. The summed E-state index contributed by atoms with van der Waals surface area (Å²) < 4.78 is 5.36. The number of aromatic nitrogens is 1. The van der Waals surface area contributed by atoms with Gasteiger partial charge in [-0.3, -0.25) is 4.90 Å². The summed E-state index contributed by atoms with van der Waals surface area (Å²) in [5.41, 5.74) is 1.66. The maximum atomic E-state index is 11.2. The summed E-state index contributed by atoms with van der Waals surface area (Å²) in [6.07, 6.45) is 2.99. The van der Waals surface area contributed by atoms with Crippen LogP contribution in [-0.4, -0.2) is 41.2 Å². The predicted molar refractivity (Wildman–Crippen MR) is 100 cm³/mol. The van der Waals surface area contributed by atoms with Gasteiger partial charge in [-0.25, -0.2) is 4.98 Å². The molecule has 1 aromatic heterocycles. The van der Waals surface area contributed by atoms with E-state index in [4.69, 9.17) is 16.3 Å². The van der Waals surface area contributed by atoms with Crippen LogP contribution in [0.15, 0.2) is 24.3 Å². The first-order valence-corrected chi connectivity index (χ1v) is 9.54. The Labute approximate surface area is 153 Å². The number of aliphatic hydroxyl groups excluding tert-OH is 1. The van der Waals surface area contributed by atoms with Crippen molar-refractivity contribution in [2.24, 2.45) is 11.8 Å². The van der Waals surface area contributed by atoms with Gasteiger partial charge in [0.15, 0.2) is 0 Å². The van der Waals surface area contributed by atoms with Crippen LogP contribution >= 0.6 is 11.6 Å². The Morgan fingerprint density at radius 2 is 2.24 bits per heavy atom. The molecule has 1 N–H and O–H groups in total. The van der Waals surface area contributed by atoms with Crippen LogP contribution in [0.4, 0.5) is 0 Å². The van der Waals surface area contributed by atoms with Gasteiger partial charge in [0.2, 0.25) is 0 Å². The van der Waals surface area contributed by atoms with E-state index < -0.39 is 6.10 Å². The van der Waals surface area contributed by atoms with Crippen molar-refractivity contribution < 1.29 is 9.84 Å². The highest BCUT2D eigenvalue weighted by molar-refractivity contribution is 6.30. The largest absolute Gasteiger partial charge is 0.497 e. The average molecular weight is 361 g/mol. The van der Waals surface area contributed by atoms with E-state index in [9.17, 15) is 5.11 Å². The summed E-state index contributed by atoms with van der Waals surface area (Å²) in [5, 5.41) is 12.6. The normalized spacial score (nSPS) is 29.8. The molecule has 0 spiro atoms. The van der Waals surface area contributed by atoms with E-state index >= 15 is 0 Å². The summed E-state index contributed by atoms with van der Waals surface area (Å²) in [6, 6.07) is 7.70. The summed E-state index contributed by atoms with van der Waals surface area (Å²) in [6.45, 7) is 4.46. The van der Waals surface area contributed by atoms with Crippen LogP contribution in [0.5, 0.6) is 5.75 Å². The lowest BCUT2D eigenvalue weighted by atomic mass is 9.72. The highest BCUT2D eigenvalue weighted by Crippen LogP contribution is 2.43. The Morgan fingerprint density at radius 1 is 1.40 bits per heavy atom. The van der Waals surface area contributed by atoms with Crippen molar-refractivity contribution in [3.8, 4) is 5.75 Å². The maximum absolute atomic E-state index is 11.2. The molecule has 5 rings (SSSR count). The number of nitrogens with zero attached hydrogens (tertiary/aromatic N) is 2. The summed E-state index contributed by atoms with van der Waals surface area (Å²) in [5.74, 6) is 2.27. The van der Waals surface area contributed by atoms with E-state index in [-0.39, 0.29) is 6.04 Å². The second-order valence-corrected chi connectivity index (χ2v) is 7.76. The molecule has 4 unspecified atom stereocenters. The zero-order valence-electron chi connectivity index (χ0n) is 14.8. The van der Waals surface area contributed by atoms with Gasteiger partial charge in [0.1, 0.15) is 10.9 Å². The van der Waals surface area contributed by atoms with Gasteiger partial charge < -0.3 is 9.84 Å². The van der Waals surface area contributed by atoms with Crippen LogP contribution in [-0.2, 0) is 0 Å². The van der Waals surface area contributed by atoms with E-state index in [0.717, 1.165) is 53.6 Å². The van der Waals surface area contributed by atoms with Gasteiger partial charge in [0, 0.05) is 18.0 Å². The van der Waals surface area contributed by atoms with Crippen molar-refractivity contribution in [3.63, 3.8) is 0 Å². The molecule has 0 amide bonds. The zero-order valence-corrected chi connectivity index (χ0v) is 15.5. The van der Waals surface area contributed by atoms with E-state index in [1.807, 2.05) is 24.3 Å². The van der Waals surface area contributed by atoms with Gasteiger partial charge >= 0.3 is 0 Å². The minimum absolute atomic E-state index is 0.161. The smallest absolute Gasteiger partial charge is 0.130 e. The van der Waals surface area contributed by atoms with Gasteiger partial charge in [-0.05, 0) is 61.1 Å². The Balaban J connectivity index is 1.71. The minimum Gasteiger partial charge on any atom is -0.497 e. The van der Waals surface area contributed by atoms with Crippen LogP contribution in [0.3, 0.4) is 0 Å². The van der Waals surface area contributed by atoms with E-state index in [1.54, 1.807) is 7.11 Å². The lowest BCUT2D eigenvalue weighted by Gasteiger charge is -2.51. The molecular weight excluding hydrogens is 336 g/mol. The number of benzene rings is 1. The molecule has 3 saturated heterocycles. The molecule has 5 heteroatoms. The molecule has 2 bridgehead atoms. The number of hydrogen-bond acceptors (Lipinski definition) is 4. The van der Waals surface area contributed by atoms with Gasteiger partial charge in [0.25, 0.3) is 0 Å². The predicted octanol–water partition coefficient (Wildman–Crippen LogP) is 4.05. The fourth-order valence-corrected chi connectivity index (χ4v) is 4.96. The van der Waals surface area contributed by atoms with Gasteiger partial charge in [-0.1, -0.05) is 24.9 Å². The molecule has 0 radical (unpaired) electrons. The molecule has 3 fully saturated rings. The Bertz CT molecular complexity index is 782. The van der Waals surface area contributed by atoms with E-state index in [0.29, 0.717) is 5.15 Å². The molecule has 134 valence electrons. The monoisotopic (exact) mass is 360 g/mol. The third-order valence-corrected chi connectivity index (χ3v) is 6.35. The molecule has 0 aliphatic carbocycles. The molecule has 3 aliphatic rings. The number of rotatable bonds is 4. The molecule has 3 aliphatic heterocycles. The number of pyridine rings is 1. The van der Waals surface area contributed by atoms with Crippen LogP contribution in [0.2, 0.25) is 5.15 Å². The SMILES string of the molecule is CCC1CN2CCC1CC2[C@H](O)c1cc(Cl)nc2ccc(OC)cc12. The lowest BCUT2D eigenvalue weighted by Crippen LogP contribution is -2.55. The van der Waals surface area contributed by atoms with Crippen molar-refractivity contribution in [1.82, 2.24) is 9.88 Å². The number of piperidine rings is 3. The molecule has 1 aromatic carbocycles. The number of fused-ring (bicyclic) bond motifs is 4. The van der Waals surface area contributed by atoms with Crippen molar-refractivity contribution in [1.29, 1.82) is 0 Å². The van der Waals surface area contributed by atoms with Gasteiger partial charge in [-0.15, -0.1) is 0 Å². The molecule has 5 atom stereocenters. The Hall–Kier alpha value is -1.36. The molecule has 4 heterocycles. The summed E-state index contributed by atoms with van der Waals surface area (Å²) >= 11 is 6.24. The van der Waals surface area contributed by atoms with E-state index in [1.165, 1.54) is 12.8 Å². The van der Waals surface area contributed by atoms with Gasteiger partial charge in [-0.2, -0.15) is 0 Å². The zero-order chi connectivity index (χ0) is 17.6. The number of aliphatic hydroxyl groups is 1. The lowest BCUT2D eigenvalue weighted by molar-refractivity contribution is -0.0562. The second kappa shape index (κ2) is 6.75. The van der Waals surface area contributed by atoms with Crippen LogP contribution in [0.1, 0.15) is 37.9 Å². The van der Waals surface area contributed by atoms with Crippen molar-refractivity contribution in [2.75, 3.05) is 20.2 Å². The molecular formula is C20H25ClN2O2. The Morgan fingerprint density at radius 3 is 2.92 bits per heavy atom. The average Bonchev–Trinajstić information content (AvgIpc) is 2.66. The van der Waals surface area contributed by atoms with Crippen molar-refractivity contribution >= 4 is 22.5 Å². The maximum Gasteiger partial charge on any atom is 0.130 e. The fraction of sp³-hybridized carbons (Fsp3) is 0.550. The van der Waals surface area contributed by atoms with Crippen LogP contribution in [0, 0.1) is 11.8 Å². The molecule has 4 nitrogen and oxygen atoms in total. The van der Waals surface area contributed by atoms with Crippen LogP contribution < -0.4 is 4.74 Å². The highest BCUT2D eigenvalue weighted by Gasteiger charge is 2.42.